The fourth-order valence-electron chi connectivity index (χ4n) is 3.24. The van der Waals surface area contributed by atoms with E-state index < -0.39 is 0 Å². The standard InChI is InChI=1S/C22H19ClO3/c23-16-12-13-19-18(14-16)20(24)22(25-17-10-6-1-2-7-11-17)21(26-19)15-8-4-3-5-9-15/h3-6,8-10,12-14,17H,1-2,7,11H2. The van der Waals surface area contributed by atoms with Crippen LogP contribution in [0.5, 0.6) is 5.75 Å². The van der Waals surface area contributed by atoms with Gasteiger partial charge in [-0.1, -0.05) is 48.0 Å². The van der Waals surface area contributed by atoms with E-state index in [2.05, 4.69) is 6.08 Å². The molecule has 2 aromatic carbocycles. The topological polar surface area (TPSA) is 39.4 Å². The molecule has 0 fully saturated rings. The maximum absolute atomic E-state index is 13.2. The van der Waals surface area contributed by atoms with Crippen molar-refractivity contribution in [3.8, 4) is 17.1 Å². The van der Waals surface area contributed by atoms with Crippen LogP contribution in [-0.2, 0) is 0 Å². The normalized spacial score (nSPS) is 17.2. The summed E-state index contributed by atoms with van der Waals surface area (Å²) in [6.07, 6.45) is 8.19. The predicted octanol–water partition coefficient (Wildman–Crippen LogP) is 5.99. The van der Waals surface area contributed by atoms with Crippen LogP contribution in [0.15, 0.2) is 69.9 Å². The quantitative estimate of drug-likeness (QED) is 0.534. The fraction of sp³-hybridized carbons (Fsp3) is 0.227. The summed E-state index contributed by atoms with van der Waals surface area (Å²) in [6.45, 7) is 0. The van der Waals surface area contributed by atoms with Crippen LogP contribution < -0.4 is 10.2 Å². The van der Waals surface area contributed by atoms with Gasteiger partial charge in [-0.15, -0.1) is 0 Å². The molecule has 0 saturated heterocycles. The Morgan fingerprint density at radius 3 is 2.77 bits per heavy atom. The second-order valence-electron chi connectivity index (χ2n) is 6.46. The fourth-order valence-corrected chi connectivity index (χ4v) is 3.41. The Balaban J connectivity index is 1.89. The van der Waals surface area contributed by atoms with Crippen molar-refractivity contribution >= 4 is 22.6 Å². The summed E-state index contributed by atoms with van der Waals surface area (Å²) in [5.41, 5.74) is 1.13. The average Bonchev–Trinajstić information content (AvgIpc) is 2.94. The molecule has 1 heterocycles. The SMILES string of the molecule is O=c1c(OC2C=CCCCC2)c(-c2ccccc2)oc2ccc(Cl)cc12. The van der Waals surface area contributed by atoms with Crippen molar-refractivity contribution in [1.82, 2.24) is 0 Å². The summed E-state index contributed by atoms with van der Waals surface area (Å²) in [5, 5.41) is 0.933. The van der Waals surface area contributed by atoms with Crippen molar-refractivity contribution in [2.45, 2.75) is 31.8 Å². The highest BCUT2D eigenvalue weighted by molar-refractivity contribution is 6.31. The van der Waals surface area contributed by atoms with E-state index in [9.17, 15) is 4.79 Å². The van der Waals surface area contributed by atoms with Gasteiger partial charge in [0, 0.05) is 10.6 Å². The molecule has 0 amide bonds. The highest BCUT2D eigenvalue weighted by atomic mass is 35.5. The molecule has 1 atom stereocenters. The van der Waals surface area contributed by atoms with E-state index >= 15 is 0 Å². The second kappa shape index (κ2) is 7.38. The number of rotatable bonds is 3. The number of benzene rings is 2. The first-order valence-electron chi connectivity index (χ1n) is 8.87. The Morgan fingerprint density at radius 1 is 1.08 bits per heavy atom. The van der Waals surface area contributed by atoms with E-state index in [1.807, 2.05) is 36.4 Å². The van der Waals surface area contributed by atoms with Gasteiger partial charge in [0.1, 0.15) is 11.7 Å². The monoisotopic (exact) mass is 366 g/mol. The summed E-state index contributed by atoms with van der Waals surface area (Å²) in [4.78, 5) is 13.2. The van der Waals surface area contributed by atoms with Gasteiger partial charge in [0.05, 0.1) is 5.39 Å². The molecule has 4 rings (SSSR count). The van der Waals surface area contributed by atoms with E-state index in [0.29, 0.717) is 21.8 Å². The Bertz CT molecular complexity index is 1010. The van der Waals surface area contributed by atoms with Crippen LogP contribution in [0.4, 0.5) is 0 Å². The zero-order valence-electron chi connectivity index (χ0n) is 14.3. The van der Waals surface area contributed by atoms with Gasteiger partial charge < -0.3 is 9.15 Å². The lowest BCUT2D eigenvalue weighted by molar-refractivity contribution is 0.231. The average molecular weight is 367 g/mol. The van der Waals surface area contributed by atoms with Crippen LogP contribution in [0.3, 0.4) is 0 Å². The summed E-state index contributed by atoms with van der Waals surface area (Å²) < 4.78 is 12.2. The maximum atomic E-state index is 13.2. The first kappa shape index (κ1) is 16.9. The molecule has 3 aromatic rings. The number of hydrogen-bond acceptors (Lipinski definition) is 3. The molecule has 0 spiro atoms. The van der Waals surface area contributed by atoms with Crippen molar-refractivity contribution in [3.05, 3.63) is 75.9 Å². The van der Waals surface area contributed by atoms with Gasteiger partial charge in [-0.2, -0.15) is 0 Å². The Kier molecular flexibility index (Phi) is 4.81. The third kappa shape index (κ3) is 3.40. The maximum Gasteiger partial charge on any atom is 0.235 e. The Morgan fingerprint density at radius 2 is 1.92 bits per heavy atom. The van der Waals surface area contributed by atoms with Crippen LogP contribution >= 0.6 is 11.6 Å². The molecule has 3 nitrogen and oxygen atoms in total. The minimum Gasteiger partial charge on any atom is -0.479 e. The molecule has 0 saturated carbocycles. The van der Waals surface area contributed by atoms with Gasteiger partial charge in [-0.05, 0) is 50.0 Å². The molecule has 0 bridgehead atoms. The van der Waals surface area contributed by atoms with Crippen LogP contribution in [0.1, 0.15) is 25.7 Å². The van der Waals surface area contributed by atoms with Gasteiger partial charge >= 0.3 is 0 Å². The van der Waals surface area contributed by atoms with Crippen molar-refractivity contribution in [1.29, 1.82) is 0 Å². The lowest BCUT2D eigenvalue weighted by Gasteiger charge is -2.17. The molecular formula is C22H19ClO3. The minimum absolute atomic E-state index is 0.125. The third-order valence-corrected chi connectivity index (χ3v) is 4.81. The molecule has 1 unspecified atom stereocenters. The van der Waals surface area contributed by atoms with E-state index in [0.717, 1.165) is 31.2 Å². The molecule has 4 heteroatoms. The van der Waals surface area contributed by atoms with Crippen molar-refractivity contribution in [3.63, 3.8) is 0 Å². The number of fused-ring (bicyclic) bond motifs is 1. The lowest BCUT2D eigenvalue weighted by Crippen LogP contribution is -2.19. The highest BCUT2D eigenvalue weighted by Crippen LogP contribution is 2.33. The smallest absolute Gasteiger partial charge is 0.235 e. The molecule has 1 aliphatic carbocycles. The summed E-state index contributed by atoms with van der Waals surface area (Å²) in [7, 11) is 0. The summed E-state index contributed by atoms with van der Waals surface area (Å²) >= 11 is 6.08. The number of hydrogen-bond donors (Lipinski definition) is 0. The third-order valence-electron chi connectivity index (χ3n) is 4.58. The van der Waals surface area contributed by atoms with Crippen molar-refractivity contribution in [2.24, 2.45) is 0 Å². The van der Waals surface area contributed by atoms with Crippen molar-refractivity contribution < 1.29 is 9.15 Å². The van der Waals surface area contributed by atoms with Gasteiger partial charge in [0.25, 0.3) is 0 Å². The molecule has 26 heavy (non-hydrogen) atoms. The number of ether oxygens (including phenoxy) is 1. The van der Waals surface area contributed by atoms with Crippen LogP contribution in [-0.4, -0.2) is 6.10 Å². The molecule has 132 valence electrons. The van der Waals surface area contributed by atoms with Crippen LogP contribution in [0.2, 0.25) is 5.02 Å². The highest BCUT2D eigenvalue weighted by Gasteiger charge is 2.21. The first-order chi connectivity index (χ1) is 12.7. The Hall–Kier alpha value is -2.52. The van der Waals surface area contributed by atoms with Gasteiger partial charge in [0.2, 0.25) is 11.2 Å². The Labute approximate surface area is 156 Å². The second-order valence-corrected chi connectivity index (χ2v) is 6.90. The summed E-state index contributed by atoms with van der Waals surface area (Å²) in [6, 6.07) is 14.7. The predicted molar refractivity (Wildman–Crippen MR) is 105 cm³/mol. The summed E-state index contributed by atoms with van der Waals surface area (Å²) in [5.74, 6) is 0.714. The van der Waals surface area contributed by atoms with Crippen LogP contribution in [0, 0.1) is 0 Å². The molecule has 0 aliphatic heterocycles. The lowest BCUT2D eigenvalue weighted by atomic mass is 10.1. The number of allylic oxidation sites excluding steroid dienone is 1. The largest absolute Gasteiger partial charge is 0.479 e. The zero-order valence-corrected chi connectivity index (χ0v) is 15.0. The van der Waals surface area contributed by atoms with Gasteiger partial charge in [-0.25, -0.2) is 0 Å². The number of halogens is 1. The zero-order chi connectivity index (χ0) is 17.9. The van der Waals surface area contributed by atoms with Crippen molar-refractivity contribution in [2.75, 3.05) is 0 Å². The molecule has 0 radical (unpaired) electrons. The first-order valence-corrected chi connectivity index (χ1v) is 9.25. The van der Waals surface area contributed by atoms with Crippen LogP contribution in [0.25, 0.3) is 22.3 Å². The molecule has 1 aliphatic rings. The molecule has 0 N–H and O–H groups in total. The van der Waals surface area contributed by atoms with E-state index in [1.165, 1.54) is 0 Å². The van der Waals surface area contributed by atoms with E-state index in [4.69, 9.17) is 20.8 Å². The van der Waals surface area contributed by atoms with E-state index in [1.54, 1.807) is 18.2 Å². The minimum atomic E-state index is -0.190. The van der Waals surface area contributed by atoms with Gasteiger partial charge in [0.15, 0.2) is 5.76 Å². The molecule has 1 aromatic heterocycles. The van der Waals surface area contributed by atoms with Gasteiger partial charge in [-0.3, -0.25) is 4.79 Å². The molecular weight excluding hydrogens is 348 g/mol. The van der Waals surface area contributed by atoms with E-state index in [-0.39, 0.29) is 17.3 Å².